The van der Waals surface area contributed by atoms with Crippen molar-refractivity contribution in [1.29, 1.82) is 0 Å². The minimum absolute atomic E-state index is 0.204. The van der Waals surface area contributed by atoms with Crippen molar-refractivity contribution < 1.29 is 9.59 Å². The lowest BCUT2D eigenvalue weighted by Gasteiger charge is -2.21. The van der Waals surface area contributed by atoms with Crippen molar-refractivity contribution in [3.63, 3.8) is 0 Å². The first-order chi connectivity index (χ1) is 12.4. The van der Waals surface area contributed by atoms with E-state index >= 15 is 0 Å². The molecule has 3 heterocycles. The molecule has 0 unspecified atom stereocenters. The van der Waals surface area contributed by atoms with E-state index in [-0.39, 0.29) is 11.8 Å². The van der Waals surface area contributed by atoms with E-state index < -0.39 is 6.04 Å². The Bertz CT molecular complexity index is 939. The summed E-state index contributed by atoms with van der Waals surface area (Å²) in [5.41, 5.74) is 1.75. The van der Waals surface area contributed by atoms with Crippen LogP contribution in [0.1, 0.15) is 16.2 Å². The van der Waals surface area contributed by atoms with Crippen molar-refractivity contribution in [3.8, 4) is 0 Å². The summed E-state index contributed by atoms with van der Waals surface area (Å²) in [6.07, 6.45) is 3.52. The van der Waals surface area contributed by atoms with Crippen molar-refractivity contribution in [2.75, 3.05) is 14.1 Å². The summed E-state index contributed by atoms with van der Waals surface area (Å²) in [7, 11) is 3.30. The summed E-state index contributed by atoms with van der Waals surface area (Å²) in [5, 5.41) is 3.90. The average Bonchev–Trinajstić information content (AvgIpc) is 3.04. The number of hydrogen-bond acceptors (Lipinski definition) is 4. The van der Waals surface area contributed by atoms with Crippen molar-refractivity contribution in [1.82, 2.24) is 25.2 Å². The number of pyridine rings is 2. The number of halogens is 1. The number of nitrogens with one attached hydrogen (secondary N) is 2. The molecule has 3 aromatic heterocycles. The fourth-order valence-electron chi connectivity index (χ4n) is 2.60. The molecule has 0 radical (unpaired) electrons. The molecule has 3 rings (SSSR count). The number of carbonyl (C=O) groups excluding carboxylic acids is 2. The number of amides is 2. The molecule has 0 aliphatic heterocycles. The van der Waals surface area contributed by atoms with Gasteiger partial charge in [0, 0.05) is 37.8 Å². The third-order valence-electron chi connectivity index (χ3n) is 3.90. The largest absolute Gasteiger partial charge is 0.349 e. The van der Waals surface area contributed by atoms with E-state index in [9.17, 15) is 9.59 Å². The van der Waals surface area contributed by atoms with Gasteiger partial charge in [-0.1, -0.05) is 17.7 Å². The molecule has 3 aromatic rings. The summed E-state index contributed by atoms with van der Waals surface area (Å²) in [6.45, 7) is 0. The van der Waals surface area contributed by atoms with Crippen LogP contribution in [-0.4, -0.2) is 51.8 Å². The third-order valence-corrected chi connectivity index (χ3v) is 4.11. The highest BCUT2D eigenvalue weighted by atomic mass is 35.5. The van der Waals surface area contributed by atoms with Gasteiger partial charge in [0.25, 0.3) is 5.91 Å². The molecule has 26 heavy (non-hydrogen) atoms. The Morgan fingerprint density at radius 3 is 2.77 bits per heavy atom. The molecule has 2 amide bonds. The van der Waals surface area contributed by atoms with Crippen LogP contribution in [0.4, 0.5) is 0 Å². The number of H-pyrrole nitrogens is 1. The van der Waals surface area contributed by atoms with Gasteiger partial charge in [0.1, 0.15) is 16.9 Å². The second-order valence-electron chi connectivity index (χ2n) is 6.06. The molecule has 0 bridgehead atoms. The van der Waals surface area contributed by atoms with Crippen molar-refractivity contribution in [2.45, 2.75) is 12.5 Å². The van der Waals surface area contributed by atoms with E-state index in [1.54, 1.807) is 44.7 Å². The van der Waals surface area contributed by atoms with E-state index in [4.69, 9.17) is 11.6 Å². The zero-order valence-corrected chi connectivity index (χ0v) is 15.1. The predicted molar refractivity (Wildman–Crippen MR) is 99.0 cm³/mol. The maximum Gasteiger partial charge on any atom is 0.268 e. The van der Waals surface area contributed by atoms with Gasteiger partial charge in [-0.25, -0.2) is 4.98 Å². The number of rotatable bonds is 5. The lowest BCUT2D eigenvalue weighted by molar-refractivity contribution is -0.130. The average molecular weight is 372 g/mol. The first kappa shape index (κ1) is 17.9. The molecule has 0 spiro atoms. The van der Waals surface area contributed by atoms with Crippen molar-refractivity contribution in [3.05, 3.63) is 59.3 Å². The van der Waals surface area contributed by atoms with E-state index in [0.29, 0.717) is 22.8 Å². The van der Waals surface area contributed by atoms with Gasteiger partial charge < -0.3 is 15.2 Å². The molecule has 8 heteroatoms. The van der Waals surface area contributed by atoms with Gasteiger partial charge in [-0.3, -0.25) is 14.6 Å². The molecule has 0 aromatic carbocycles. The van der Waals surface area contributed by atoms with E-state index in [0.717, 1.165) is 11.1 Å². The van der Waals surface area contributed by atoms with Crippen LogP contribution in [-0.2, 0) is 11.2 Å². The number of aromatic amines is 1. The van der Waals surface area contributed by atoms with Crippen LogP contribution in [0.2, 0.25) is 5.15 Å². The van der Waals surface area contributed by atoms with Gasteiger partial charge in [0.2, 0.25) is 5.91 Å². The molecule has 0 saturated heterocycles. The van der Waals surface area contributed by atoms with Crippen LogP contribution in [0, 0.1) is 0 Å². The number of carbonyl (C=O) groups is 2. The lowest BCUT2D eigenvalue weighted by atomic mass is 10.1. The van der Waals surface area contributed by atoms with Crippen LogP contribution >= 0.6 is 11.6 Å². The zero-order chi connectivity index (χ0) is 18.7. The Morgan fingerprint density at radius 1 is 1.27 bits per heavy atom. The minimum atomic E-state index is -0.722. The van der Waals surface area contributed by atoms with E-state index in [1.807, 2.05) is 12.1 Å². The standard InChI is InChI=1S/C18H18ClN5O2/c1-24(2)18(26)14(9-12-5-3-4-6-20-12)23-17(25)13-7-11-8-16(19)21-10-15(11)22-13/h3-8,10,14,22H,9H2,1-2H3,(H,23,25)/t14-/m0/s1. The Hall–Kier alpha value is -2.93. The first-order valence-corrected chi connectivity index (χ1v) is 8.38. The number of hydrogen-bond donors (Lipinski definition) is 2. The molecular formula is C18H18ClN5O2. The summed E-state index contributed by atoms with van der Waals surface area (Å²) < 4.78 is 0. The SMILES string of the molecule is CN(C)C(=O)[C@H](Cc1ccccn1)NC(=O)c1cc2cc(Cl)ncc2[nH]1. The molecule has 7 nitrogen and oxygen atoms in total. The van der Waals surface area contributed by atoms with Crippen molar-refractivity contribution in [2.24, 2.45) is 0 Å². The molecule has 1 atom stereocenters. The maximum atomic E-state index is 12.6. The Kier molecular flexibility index (Phi) is 5.18. The summed E-state index contributed by atoms with van der Waals surface area (Å²) in [5.74, 6) is -0.585. The summed E-state index contributed by atoms with van der Waals surface area (Å²) >= 11 is 5.88. The van der Waals surface area contributed by atoms with Gasteiger partial charge in [-0.15, -0.1) is 0 Å². The van der Waals surface area contributed by atoms with Crippen LogP contribution in [0.25, 0.3) is 10.9 Å². The fourth-order valence-corrected chi connectivity index (χ4v) is 2.77. The smallest absolute Gasteiger partial charge is 0.268 e. The van der Waals surface area contributed by atoms with Gasteiger partial charge in [0.05, 0.1) is 11.7 Å². The highest BCUT2D eigenvalue weighted by molar-refractivity contribution is 6.30. The fraction of sp³-hybridized carbons (Fsp3) is 0.222. The second kappa shape index (κ2) is 7.53. The van der Waals surface area contributed by atoms with Crippen LogP contribution < -0.4 is 5.32 Å². The van der Waals surface area contributed by atoms with Crippen LogP contribution in [0.5, 0.6) is 0 Å². The Morgan fingerprint density at radius 2 is 2.08 bits per heavy atom. The number of nitrogens with zero attached hydrogens (tertiary/aromatic N) is 3. The highest BCUT2D eigenvalue weighted by Gasteiger charge is 2.24. The highest BCUT2D eigenvalue weighted by Crippen LogP contribution is 2.18. The molecule has 0 aliphatic rings. The van der Waals surface area contributed by atoms with Gasteiger partial charge in [0.15, 0.2) is 0 Å². The Labute approximate surface area is 155 Å². The first-order valence-electron chi connectivity index (χ1n) is 8.00. The van der Waals surface area contributed by atoms with Crippen molar-refractivity contribution >= 4 is 34.3 Å². The zero-order valence-electron chi connectivity index (χ0n) is 14.4. The lowest BCUT2D eigenvalue weighted by Crippen LogP contribution is -2.47. The molecule has 0 aliphatic carbocycles. The Balaban J connectivity index is 1.82. The van der Waals surface area contributed by atoms with Gasteiger partial charge >= 0.3 is 0 Å². The van der Waals surface area contributed by atoms with Crippen LogP contribution in [0.3, 0.4) is 0 Å². The predicted octanol–water partition coefficient (Wildman–Crippen LogP) is 2.04. The molecule has 0 saturated carbocycles. The maximum absolute atomic E-state index is 12.6. The summed E-state index contributed by atoms with van der Waals surface area (Å²) in [4.78, 5) is 37.8. The number of aromatic nitrogens is 3. The summed E-state index contributed by atoms with van der Waals surface area (Å²) in [6, 6.07) is 8.08. The van der Waals surface area contributed by atoms with E-state index in [2.05, 4.69) is 20.3 Å². The van der Waals surface area contributed by atoms with E-state index in [1.165, 1.54) is 4.90 Å². The molecule has 2 N–H and O–H groups in total. The molecule has 0 fully saturated rings. The third kappa shape index (κ3) is 4.00. The number of fused-ring (bicyclic) bond motifs is 1. The van der Waals surface area contributed by atoms with Gasteiger partial charge in [-0.2, -0.15) is 0 Å². The topological polar surface area (TPSA) is 91.0 Å². The normalized spacial score (nSPS) is 12.0. The van der Waals surface area contributed by atoms with Crippen LogP contribution in [0.15, 0.2) is 42.7 Å². The quantitative estimate of drug-likeness (QED) is 0.671. The minimum Gasteiger partial charge on any atom is -0.349 e. The monoisotopic (exact) mass is 371 g/mol. The molecule has 134 valence electrons. The second-order valence-corrected chi connectivity index (χ2v) is 6.45. The van der Waals surface area contributed by atoms with Gasteiger partial charge in [-0.05, 0) is 24.3 Å². The number of likely N-dealkylation sites (N-methyl/N-ethyl adjacent to an activating group) is 1. The molecular weight excluding hydrogens is 354 g/mol.